The Morgan fingerprint density at radius 2 is 1.49 bits per heavy atom. The van der Waals surface area contributed by atoms with Crippen LogP contribution in [0.2, 0.25) is 0 Å². The van der Waals surface area contributed by atoms with Crippen LogP contribution in [0.15, 0.2) is 36.4 Å². The number of aromatic amines is 1. The summed E-state index contributed by atoms with van der Waals surface area (Å²) in [5.74, 6) is -0.198. The number of rotatable bonds is 5. The molecule has 1 aromatic heterocycles. The normalized spacial score (nSPS) is 18.3. The SMILES string of the molecule is CC[C@@H]1C[C@H](N(Cc2cc(C(F)(F)F)cc(C(F)(F)F)c2)c2nn[nH]n2)c2cc(C(F)(F)F)ccc2N1. The van der Waals surface area contributed by atoms with Gasteiger partial charge < -0.3 is 10.2 Å². The first-order valence-electron chi connectivity index (χ1n) is 10.9. The van der Waals surface area contributed by atoms with E-state index in [1.165, 1.54) is 11.0 Å². The maximum Gasteiger partial charge on any atom is 0.416 e. The van der Waals surface area contributed by atoms with Crippen LogP contribution in [0.3, 0.4) is 0 Å². The van der Waals surface area contributed by atoms with E-state index in [2.05, 4.69) is 25.9 Å². The number of fused-ring (bicyclic) bond motifs is 1. The number of H-pyrrole nitrogens is 1. The molecule has 37 heavy (non-hydrogen) atoms. The molecule has 200 valence electrons. The van der Waals surface area contributed by atoms with Crippen molar-refractivity contribution in [2.24, 2.45) is 0 Å². The van der Waals surface area contributed by atoms with Crippen molar-refractivity contribution >= 4 is 11.6 Å². The summed E-state index contributed by atoms with van der Waals surface area (Å²) in [6.07, 6.45) is -14.1. The van der Waals surface area contributed by atoms with Gasteiger partial charge in [-0.1, -0.05) is 12.0 Å². The molecule has 2 aromatic carbocycles. The number of halogens is 9. The van der Waals surface area contributed by atoms with Crippen LogP contribution in [0.1, 0.15) is 53.6 Å². The van der Waals surface area contributed by atoms with E-state index in [-0.39, 0.29) is 35.6 Å². The molecule has 0 spiro atoms. The van der Waals surface area contributed by atoms with Crippen molar-refractivity contribution < 1.29 is 39.5 Å². The van der Waals surface area contributed by atoms with E-state index in [1.54, 1.807) is 0 Å². The highest BCUT2D eigenvalue weighted by Crippen LogP contribution is 2.43. The predicted octanol–water partition coefficient (Wildman–Crippen LogP) is 6.60. The Hall–Kier alpha value is -3.52. The lowest BCUT2D eigenvalue weighted by Gasteiger charge is -2.39. The van der Waals surface area contributed by atoms with Crippen molar-refractivity contribution in [3.05, 3.63) is 64.2 Å². The lowest BCUT2D eigenvalue weighted by atomic mass is 9.89. The first kappa shape index (κ1) is 26.5. The summed E-state index contributed by atoms with van der Waals surface area (Å²) in [6.45, 7) is 1.26. The molecule has 0 radical (unpaired) electrons. The van der Waals surface area contributed by atoms with Gasteiger partial charge in [0.2, 0.25) is 0 Å². The summed E-state index contributed by atoms with van der Waals surface area (Å²) in [5.41, 5.74) is -3.87. The molecular formula is C22H19F9N6. The highest BCUT2D eigenvalue weighted by Gasteiger charge is 2.39. The van der Waals surface area contributed by atoms with Gasteiger partial charge in [0.25, 0.3) is 5.95 Å². The molecule has 2 atom stereocenters. The number of alkyl halides is 9. The van der Waals surface area contributed by atoms with E-state index in [0.717, 1.165) is 12.1 Å². The standard InChI is InChI=1S/C22H19F9N6/c1-2-15-9-18(16-8-12(20(23,24)25)3-4-17(16)32-15)37(19-33-35-36-34-19)10-11-5-13(21(26,27)28)7-14(6-11)22(29,30)31/h3-8,15,18,32H,2,9-10H2,1H3,(H,33,34,35,36)/t15-,18+/m1/s1. The maximum absolute atomic E-state index is 13.5. The second-order valence-electron chi connectivity index (χ2n) is 8.55. The van der Waals surface area contributed by atoms with Gasteiger partial charge in [-0.3, -0.25) is 0 Å². The molecule has 2 N–H and O–H groups in total. The Bertz CT molecular complexity index is 1200. The summed E-state index contributed by atoms with van der Waals surface area (Å²) >= 11 is 0. The van der Waals surface area contributed by atoms with E-state index in [1.807, 2.05) is 6.92 Å². The van der Waals surface area contributed by atoms with Crippen LogP contribution in [0.25, 0.3) is 0 Å². The fraction of sp³-hybridized carbons (Fsp3) is 0.409. The van der Waals surface area contributed by atoms with E-state index >= 15 is 0 Å². The minimum atomic E-state index is -5.07. The first-order chi connectivity index (χ1) is 17.2. The van der Waals surface area contributed by atoms with Crippen LogP contribution >= 0.6 is 0 Å². The third-order valence-corrected chi connectivity index (χ3v) is 6.07. The highest BCUT2D eigenvalue weighted by molar-refractivity contribution is 5.59. The average molecular weight is 538 g/mol. The summed E-state index contributed by atoms with van der Waals surface area (Å²) in [4.78, 5) is 1.25. The number of aromatic nitrogens is 4. The van der Waals surface area contributed by atoms with Crippen molar-refractivity contribution in [1.82, 2.24) is 20.6 Å². The second-order valence-corrected chi connectivity index (χ2v) is 8.55. The van der Waals surface area contributed by atoms with E-state index in [9.17, 15) is 39.5 Å². The quantitative estimate of drug-likeness (QED) is 0.359. The van der Waals surface area contributed by atoms with Gasteiger partial charge in [-0.05, 0) is 65.6 Å². The Morgan fingerprint density at radius 3 is 2.00 bits per heavy atom. The molecule has 3 aromatic rings. The van der Waals surface area contributed by atoms with Crippen molar-refractivity contribution in [3.63, 3.8) is 0 Å². The molecule has 0 amide bonds. The summed E-state index contributed by atoms with van der Waals surface area (Å²) < 4.78 is 121. The van der Waals surface area contributed by atoms with Crippen LogP contribution < -0.4 is 10.2 Å². The van der Waals surface area contributed by atoms with Crippen molar-refractivity contribution in [1.29, 1.82) is 0 Å². The maximum atomic E-state index is 13.5. The molecule has 0 unspecified atom stereocenters. The third kappa shape index (κ3) is 5.74. The minimum absolute atomic E-state index is 0.00470. The summed E-state index contributed by atoms with van der Waals surface area (Å²) in [7, 11) is 0. The minimum Gasteiger partial charge on any atom is -0.382 e. The van der Waals surface area contributed by atoms with Crippen LogP contribution in [0.5, 0.6) is 0 Å². The molecule has 0 fully saturated rings. The van der Waals surface area contributed by atoms with Gasteiger partial charge in [-0.2, -0.15) is 44.7 Å². The fourth-order valence-corrected chi connectivity index (χ4v) is 4.29. The Morgan fingerprint density at radius 1 is 0.865 bits per heavy atom. The van der Waals surface area contributed by atoms with Gasteiger partial charge >= 0.3 is 18.5 Å². The van der Waals surface area contributed by atoms with Gasteiger partial charge in [-0.25, -0.2) is 0 Å². The van der Waals surface area contributed by atoms with E-state index in [4.69, 9.17) is 0 Å². The van der Waals surface area contributed by atoms with Crippen molar-refractivity contribution in [2.45, 2.75) is 56.9 Å². The largest absolute Gasteiger partial charge is 0.416 e. The zero-order valence-electron chi connectivity index (χ0n) is 18.9. The molecule has 2 heterocycles. The van der Waals surface area contributed by atoms with Gasteiger partial charge in [0.05, 0.1) is 22.7 Å². The first-order valence-corrected chi connectivity index (χ1v) is 10.9. The topological polar surface area (TPSA) is 69.7 Å². The Labute approximate surface area is 203 Å². The summed E-state index contributed by atoms with van der Waals surface area (Å²) in [5, 5.41) is 16.3. The molecule has 0 saturated carbocycles. The Balaban J connectivity index is 1.84. The molecule has 15 heteroatoms. The second kappa shape index (κ2) is 9.41. The fourth-order valence-electron chi connectivity index (χ4n) is 4.29. The molecule has 4 rings (SSSR count). The number of nitrogens with one attached hydrogen (secondary N) is 2. The Kier molecular flexibility index (Phi) is 6.75. The monoisotopic (exact) mass is 538 g/mol. The third-order valence-electron chi connectivity index (χ3n) is 6.07. The van der Waals surface area contributed by atoms with E-state index in [0.29, 0.717) is 24.2 Å². The zero-order chi connectivity index (χ0) is 27.2. The zero-order valence-corrected chi connectivity index (χ0v) is 18.9. The number of nitrogens with zero attached hydrogens (tertiary/aromatic N) is 4. The molecule has 0 saturated heterocycles. The molecule has 0 bridgehead atoms. The molecule has 0 aliphatic carbocycles. The highest BCUT2D eigenvalue weighted by atomic mass is 19.4. The van der Waals surface area contributed by atoms with Gasteiger partial charge in [0.1, 0.15) is 0 Å². The molecule has 1 aliphatic heterocycles. The smallest absolute Gasteiger partial charge is 0.382 e. The van der Waals surface area contributed by atoms with Gasteiger partial charge in [0.15, 0.2) is 0 Å². The number of hydrogen-bond acceptors (Lipinski definition) is 5. The van der Waals surface area contributed by atoms with Crippen molar-refractivity contribution in [3.8, 4) is 0 Å². The van der Waals surface area contributed by atoms with Crippen LogP contribution in [-0.4, -0.2) is 26.7 Å². The van der Waals surface area contributed by atoms with Crippen LogP contribution in [-0.2, 0) is 25.1 Å². The van der Waals surface area contributed by atoms with E-state index < -0.39 is 47.8 Å². The summed E-state index contributed by atoms with van der Waals surface area (Å²) in [6, 6.07) is 2.99. The number of anilines is 2. The van der Waals surface area contributed by atoms with Gasteiger partial charge in [0, 0.05) is 18.3 Å². The lowest BCUT2D eigenvalue weighted by Crippen LogP contribution is -2.38. The van der Waals surface area contributed by atoms with Gasteiger partial charge in [-0.15, -0.1) is 5.10 Å². The predicted molar refractivity (Wildman–Crippen MR) is 113 cm³/mol. The number of hydrogen-bond donors (Lipinski definition) is 2. The molecule has 1 aliphatic rings. The molecular weight excluding hydrogens is 519 g/mol. The number of tetrazole rings is 1. The molecule has 6 nitrogen and oxygen atoms in total. The lowest BCUT2D eigenvalue weighted by molar-refractivity contribution is -0.143. The van der Waals surface area contributed by atoms with Crippen molar-refractivity contribution in [2.75, 3.05) is 10.2 Å². The average Bonchev–Trinajstić information content (AvgIpc) is 3.34. The van der Waals surface area contributed by atoms with Crippen LogP contribution in [0.4, 0.5) is 51.1 Å². The number of benzene rings is 2. The van der Waals surface area contributed by atoms with Crippen LogP contribution in [0, 0.1) is 0 Å².